The summed E-state index contributed by atoms with van der Waals surface area (Å²) in [4.78, 5) is 32.3. The van der Waals surface area contributed by atoms with Crippen molar-refractivity contribution >= 4 is 40.2 Å². The molecule has 2 amide bonds. The van der Waals surface area contributed by atoms with Crippen molar-refractivity contribution < 1.29 is 9.59 Å². The number of anilines is 1. The molecular weight excluding hydrogens is 463 g/mol. The molecule has 142 valence electrons. The molecule has 4 nitrogen and oxygen atoms in total. The number of hydrogen-bond acceptors (Lipinski definition) is 3. The first-order valence-electron chi connectivity index (χ1n) is 8.91. The third-order valence-electron chi connectivity index (χ3n) is 4.28. The van der Waals surface area contributed by atoms with Crippen molar-refractivity contribution in [3.8, 4) is 0 Å². The highest BCUT2D eigenvalue weighted by atomic mass is 127. The second-order valence-corrected chi connectivity index (χ2v) is 8.28. The zero-order valence-electron chi connectivity index (χ0n) is 16.3. The summed E-state index contributed by atoms with van der Waals surface area (Å²) in [5, 5.41) is 0. The lowest BCUT2D eigenvalue weighted by Crippen LogP contribution is -2.38. The van der Waals surface area contributed by atoms with Crippen LogP contribution in [-0.2, 0) is 0 Å². The lowest BCUT2D eigenvalue weighted by Gasteiger charge is -2.21. The average Bonchev–Trinajstić information content (AvgIpc) is 2.61. The van der Waals surface area contributed by atoms with E-state index in [-0.39, 0.29) is 11.8 Å². The van der Waals surface area contributed by atoms with Crippen molar-refractivity contribution in [3.63, 3.8) is 0 Å². The standard InChI is InChI=1S/C23H21IN2O2/c1-14-7-15(2)10-18(9-14)22(27)26(21-6-5-20(24)13-25-21)23(28)19-11-16(3)8-17(4)12-19/h5-13H,1-4H3. The maximum Gasteiger partial charge on any atom is 0.266 e. The Bertz CT molecular complexity index is 955. The van der Waals surface area contributed by atoms with Crippen LogP contribution in [0.1, 0.15) is 43.0 Å². The van der Waals surface area contributed by atoms with E-state index in [1.54, 1.807) is 36.5 Å². The number of aryl methyl sites for hydroxylation is 4. The van der Waals surface area contributed by atoms with Gasteiger partial charge in [0.15, 0.2) is 0 Å². The molecule has 5 heteroatoms. The van der Waals surface area contributed by atoms with E-state index in [9.17, 15) is 9.59 Å². The van der Waals surface area contributed by atoms with E-state index < -0.39 is 0 Å². The smallest absolute Gasteiger partial charge is 0.266 e. The molecule has 0 spiro atoms. The summed E-state index contributed by atoms with van der Waals surface area (Å²) in [5.41, 5.74) is 4.82. The summed E-state index contributed by atoms with van der Waals surface area (Å²) in [5.74, 6) is -0.455. The molecule has 28 heavy (non-hydrogen) atoms. The number of halogens is 1. The van der Waals surface area contributed by atoms with Crippen LogP contribution >= 0.6 is 22.6 Å². The van der Waals surface area contributed by atoms with Crippen LogP contribution in [0.2, 0.25) is 0 Å². The monoisotopic (exact) mass is 484 g/mol. The van der Waals surface area contributed by atoms with Crippen LogP contribution in [0.4, 0.5) is 5.82 Å². The lowest BCUT2D eigenvalue weighted by molar-refractivity contribution is 0.0896. The normalized spacial score (nSPS) is 10.6. The summed E-state index contributed by atoms with van der Waals surface area (Å²) in [7, 11) is 0. The van der Waals surface area contributed by atoms with Gasteiger partial charge in [-0.3, -0.25) is 9.59 Å². The fraction of sp³-hybridized carbons (Fsp3) is 0.174. The van der Waals surface area contributed by atoms with Gasteiger partial charge in [-0.15, -0.1) is 0 Å². The molecule has 0 unspecified atom stereocenters. The summed E-state index contributed by atoms with van der Waals surface area (Å²) < 4.78 is 0.930. The molecule has 0 aliphatic heterocycles. The highest BCUT2D eigenvalue weighted by molar-refractivity contribution is 14.1. The topological polar surface area (TPSA) is 50.3 Å². The Morgan fingerprint density at radius 1 is 0.750 bits per heavy atom. The maximum atomic E-state index is 13.4. The lowest BCUT2D eigenvalue weighted by atomic mass is 10.0. The second kappa shape index (κ2) is 8.22. The molecule has 0 atom stereocenters. The summed E-state index contributed by atoms with van der Waals surface area (Å²) >= 11 is 2.14. The second-order valence-electron chi connectivity index (χ2n) is 7.03. The Morgan fingerprint density at radius 3 is 1.54 bits per heavy atom. The first kappa shape index (κ1) is 20.2. The van der Waals surface area contributed by atoms with Gasteiger partial charge in [-0.1, -0.05) is 34.4 Å². The van der Waals surface area contributed by atoms with E-state index in [0.717, 1.165) is 25.8 Å². The van der Waals surface area contributed by atoms with Gasteiger partial charge in [-0.25, -0.2) is 9.88 Å². The Hall–Kier alpha value is -2.54. The Morgan fingerprint density at radius 2 is 1.18 bits per heavy atom. The van der Waals surface area contributed by atoms with E-state index in [1.165, 1.54) is 4.90 Å². The molecule has 3 aromatic rings. The molecule has 0 saturated heterocycles. The van der Waals surface area contributed by atoms with Crippen LogP contribution in [-0.4, -0.2) is 16.8 Å². The van der Waals surface area contributed by atoms with Gasteiger partial charge in [0, 0.05) is 20.9 Å². The first-order chi connectivity index (χ1) is 13.2. The van der Waals surface area contributed by atoms with Crippen LogP contribution in [0, 0.1) is 31.3 Å². The largest absolute Gasteiger partial charge is 0.268 e. The first-order valence-corrected chi connectivity index (χ1v) is 9.99. The number of pyridine rings is 1. The summed E-state index contributed by atoms with van der Waals surface area (Å²) in [6.45, 7) is 7.73. The van der Waals surface area contributed by atoms with Gasteiger partial charge in [0.1, 0.15) is 5.82 Å². The number of hydrogen-bond donors (Lipinski definition) is 0. The molecule has 0 aliphatic carbocycles. The number of amides is 2. The Kier molecular flexibility index (Phi) is 5.93. The zero-order chi connectivity index (χ0) is 20.4. The zero-order valence-corrected chi connectivity index (χ0v) is 18.4. The van der Waals surface area contributed by atoms with Gasteiger partial charge in [-0.2, -0.15) is 0 Å². The van der Waals surface area contributed by atoms with Gasteiger partial charge in [-0.05, 0) is 86.7 Å². The van der Waals surface area contributed by atoms with E-state index >= 15 is 0 Å². The van der Waals surface area contributed by atoms with Gasteiger partial charge >= 0.3 is 0 Å². The molecule has 2 aromatic carbocycles. The quantitative estimate of drug-likeness (QED) is 0.369. The van der Waals surface area contributed by atoms with Crippen molar-refractivity contribution in [2.45, 2.75) is 27.7 Å². The number of carbonyl (C=O) groups excluding carboxylic acids is 2. The molecule has 0 N–H and O–H groups in total. The molecule has 0 radical (unpaired) electrons. The van der Waals surface area contributed by atoms with E-state index in [0.29, 0.717) is 16.9 Å². The van der Waals surface area contributed by atoms with Crippen molar-refractivity contribution in [3.05, 3.63) is 91.7 Å². The minimum atomic E-state index is -0.385. The maximum absolute atomic E-state index is 13.4. The number of rotatable bonds is 3. The molecule has 0 bridgehead atoms. The van der Waals surface area contributed by atoms with Crippen LogP contribution in [0.15, 0.2) is 54.7 Å². The van der Waals surface area contributed by atoms with Gasteiger partial charge in [0.2, 0.25) is 0 Å². The van der Waals surface area contributed by atoms with Gasteiger partial charge < -0.3 is 0 Å². The van der Waals surface area contributed by atoms with Crippen LogP contribution in [0.3, 0.4) is 0 Å². The predicted octanol–water partition coefficient (Wildman–Crippen LogP) is 5.41. The fourth-order valence-corrected chi connectivity index (χ4v) is 3.57. The van der Waals surface area contributed by atoms with E-state index in [4.69, 9.17) is 0 Å². The minimum absolute atomic E-state index is 0.314. The number of benzene rings is 2. The molecule has 1 aromatic heterocycles. The van der Waals surface area contributed by atoms with Gasteiger partial charge in [0.05, 0.1) is 0 Å². The van der Waals surface area contributed by atoms with Crippen molar-refractivity contribution in [1.82, 2.24) is 4.98 Å². The third kappa shape index (κ3) is 4.47. The van der Waals surface area contributed by atoms with Crippen molar-refractivity contribution in [2.75, 3.05) is 4.90 Å². The fourth-order valence-electron chi connectivity index (χ4n) is 3.26. The van der Waals surface area contributed by atoms with Crippen LogP contribution in [0.25, 0.3) is 0 Å². The number of aromatic nitrogens is 1. The molecule has 0 fully saturated rings. The number of nitrogens with zero attached hydrogens (tertiary/aromatic N) is 2. The molecule has 0 aliphatic rings. The minimum Gasteiger partial charge on any atom is -0.268 e. The predicted molar refractivity (Wildman–Crippen MR) is 120 cm³/mol. The Balaban J connectivity index is 2.12. The number of imide groups is 1. The number of carbonyl (C=O) groups is 2. The molecular formula is C23H21IN2O2. The Labute approximate surface area is 178 Å². The van der Waals surface area contributed by atoms with Gasteiger partial charge in [0.25, 0.3) is 11.8 Å². The van der Waals surface area contributed by atoms with Crippen molar-refractivity contribution in [1.29, 1.82) is 0 Å². The van der Waals surface area contributed by atoms with Crippen LogP contribution < -0.4 is 4.90 Å². The SMILES string of the molecule is Cc1cc(C)cc(C(=O)N(C(=O)c2cc(C)cc(C)c2)c2ccc(I)cn2)c1. The molecule has 1 heterocycles. The van der Waals surface area contributed by atoms with Crippen molar-refractivity contribution in [2.24, 2.45) is 0 Å². The highest BCUT2D eigenvalue weighted by Crippen LogP contribution is 2.22. The highest BCUT2D eigenvalue weighted by Gasteiger charge is 2.27. The van der Waals surface area contributed by atoms with Crippen LogP contribution in [0.5, 0.6) is 0 Å². The summed E-state index contributed by atoms with van der Waals surface area (Å²) in [6.07, 6.45) is 1.65. The summed E-state index contributed by atoms with van der Waals surface area (Å²) in [6, 6.07) is 14.7. The third-order valence-corrected chi connectivity index (χ3v) is 4.92. The molecule has 0 saturated carbocycles. The van der Waals surface area contributed by atoms with E-state index in [2.05, 4.69) is 27.6 Å². The average molecular weight is 484 g/mol. The molecule has 3 rings (SSSR count). The van der Waals surface area contributed by atoms with E-state index in [1.807, 2.05) is 45.9 Å².